The van der Waals surface area contributed by atoms with Gasteiger partial charge in [0.15, 0.2) is 0 Å². The number of ether oxygens (including phenoxy) is 2. The molecule has 0 aromatic heterocycles. The molecule has 2 saturated heterocycles. The molecule has 2 heterocycles. The van der Waals surface area contributed by atoms with Crippen molar-refractivity contribution < 1.29 is 14.6 Å². The Morgan fingerprint density at radius 3 is 1.31 bits per heavy atom. The predicted molar refractivity (Wildman–Crippen MR) is 150 cm³/mol. The van der Waals surface area contributed by atoms with E-state index >= 15 is 0 Å². The number of nitrogens with zero attached hydrogens (tertiary/aromatic N) is 2. The fraction of sp³-hybridized carbons (Fsp3) is 0.806. The molecule has 0 amide bonds. The molecule has 2 aliphatic heterocycles. The van der Waals surface area contributed by atoms with Gasteiger partial charge in [0.05, 0.1) is 32.6 Å². The summed E-state index contributed by atoms with van der Waals surface area (Å²) in [5, 5.41) is 11.9. The number of phenols is 1. The van der Waals surface area contributed by atoms with E-state index in [2.05, 4.69) is 91.2 Å². The minimum absolute atomic E-state index is 0.154. The molecule has 5 nitrogen and oxygen atoms in total. The van der Waals surface area contributed by atoms with E-state index in [1.54, 1.807) is 0 Å². The van der Waals surface area contributed by atoms with Crippen LogP contribution in [0.15, 0.2) is 12.1 Å². The van der Waals surface area contributed by atoms with Crippen molar-refractivity contribution in [2.75, 3.05) is 52.6 Å². The molecule has 5 heteroatoms. The highest BCUT2D eigenvalue weighted by Crippen LogP contribution is 2.48. The number of hydrogen-bond acceptors (Lipinski definition) is 5. The van der Waals surface area contributed by atoms with Gasteiger partial charge in [-0.15, -0.1) is 0 Å². The first-order valence-corrected chi connectivity index (χ1v) is 14.0. The monoisotopic (exact) mass is 502 g/mol. The van der Waals surface area contributed by atoms with Crippen LogP contribution in [0.3, 0.4) is 0 Å². The average Bonchev–Trinajstić information content (AvgIpc) is 2.73. The van der Waals surface area contributed by atoms with Crippen LogP contribution in [0.1, 0.15) is 105 Å². The van der Waals surface area contributed by atoms with E-state index in [9.17, 15) is 5.11 Å². The molecule has 2 fully saturated rings. The summed E-state index contributed by atoms with van der Waals surface area (Å²) in [4.78, 5) is 5.14. The van der Waals surface area contributed by atoms with Crippen LogP contribution in [0.5, 0.6) is 5.75 Å². The van der Waals surface area contributed by atoms with E-state index in [4.69, 9.17) is 9.47 Å². The van der Waals surface area contributed by atoms with Gasteiger partial charge in [0.2, 0.25) is 0 Å². The van der Waals surface area contributed by atoms with Gasteiger partial charge in [0, 0.05) is 37.3 Å². The minimum atomic E-state index is -0.161. The first-order chi connectivity index (χ1) is 16.5. The summed E-state index contributed by atoms with van der Waals surface area (Å²) in [6.07, 6.45) is 2.15. The molecule has 206 valence electrons. The maximum Gasteiger partial charge on any atom is 0.123 e. The van der Waals surface area contributed by atoms with Crippen molar-refractivity contribution >= 4 is 0 Å². The lowest BCUT2D eigenvalue weighted by molar-refractivity contribution is -0.0677. The summed E-state index contributed by atoms with van der Waals surface area (Å²) < 4.78 is 11.5. The molecule has 0 aliphatic carbocycles. The highest BCUT2D eigenvalue weighted by Gasteiger charge is 2.38. The maximum atomic E-state index is 11.9. The average molecular weight is 503 g/mol. The molecule has 0 atom stereocenters. The van der Waals surface area contributed by atoms with Crippen LogP contribution in [-0.2, 0) is 20.3 Å². The van der Waals surface area contributed by atoms with Gasteiger partial charge < -0.3 is 14.6 Å². The van der Waals surface area contributed by atoms with Gasteiger partial charge in [-0.2, -0.15) is 0 Å². The Morgan fingerprint density at radius 2 is 1.00 bits per heavy atom. The molecule has 0 radical (unpaired) electrons. The molecule has 1 N–H and O–H groups in total. The van der Waals surface area contributed by atoms with Crippen LogP contribution in [0.25, 0.3) is 0 Å². The van der Waals surface area contributed by atoms with Crippen molar-refractivity contribution in [1.29, 1.82) is 0 Å². The van der Waals surface area contributed by atoms with Crippen molar-refractivity contribution in [3.63, 3.8) is 0 Å². The Morgan fingerprint density at radius 1 is 0.667 bits per heavy atom. The molecule has 3 rings (SSSR count). The molecular weight excluding hydrogens is 448 g/mol. The number of benzene rings is 1. The summed E-state index contributed by atoms with van der Waals surface area (Å²) in [7, 11) is 0. The van der Waals surface area contributed by atoms with Crippen LogP contribution in [0.4, 0.5) is 0 Å². The van der Waals surface area contributed by atoms with Crippen molar-refractivity contribution in [2.24, 2.45) is 10.8 Å². The molecule has 36 heavy (non-hydrogen) atoms. The van der Waals surface area contributed by atoms with Crippen molar-refractivity contribution in [3.05, 3.63) is 28.8 Å². The van der Waals surface area contributed by atoms with Crippen LogP contribution in [0, 0.1) is 10.8 Å². The SMILES string of the molecule is CC(C)(C)CC(C)(C)c1cc(C(N2CCOCC2)N2CCOCC2)cc(C(C)(C)CC(C)(C)C)c1O. The van der Waals surface area contributed by atoms with E-state index < -0.39 is 0 Å². The van der Waals surface area contributed by atoms with Gasteiger partial charge in [-0.1, -0.05) is 69.2 Å². The molecule has 1 aromatic rings. The lowest BCUT2D eigenvalue weighted by Gasteiger charge is -2.44. The first kappa shape index (κ1) is 29.4. The molecule has 1 aromatic carbocycles. The van der Waals surface area contributed by atoms with Crippen molar-refractivity contribution in [1.82, 2.24) is 9.80 Å². The van der Waals surface area contributed by atoms with E-state index in [0.29, 0.717) is 5.75 Å². The summed E-state index contributed by atoms with van der Waals surface area (Å²) >= 11 is 0. The second-order valence-corrected chi connectivity index (χ2v) is 14.9. The standard InChI is InChI=1S/C31H54N2O3/c1-28(2,3)21-30(7,8)24-19-23(20-25(26(24)34)31(9,10)22-29(4,5)6)27(32-11-15-35-16-12-32)33-13-17-36-18-14-33/h19-20,27,34H,11-18,21-22H2,1-10H3. The lowest BCUT2D eigenvalue weighted by Crippen LogP contribution is -2.50. The van der Waals surface area contributed by atoms with E-state index in [0.717, 1.165) is 76.6 Å². The van der Waals surface area contributed by atoms with Gasteiger partial charge in [-0.05, 0) is 52.2 Å². The summed E-state index contributed by atoms with van der Waals surface area (Å²) in [5.41, 5.74) is 3.45. The number of hydrogen-bond donors (Lipinski definition) is 1. The van der Waals surface area contributed by atoms with E-state index in [1.165, 1.54) is 5.56 Å². The number of rotatable bonds is 7. The predicted octanol–water partition coefficient (Wildman–Crippen LogP) is 6.48. The van der Waals surface area contributed by atoms with Crippen LogP contribution in [-0.4, -0.2) is 67.5 Å². The third-order valence-corrected chi connectivity index (χ3v) is 7.62. The van der Waals surface area contributed by atoms with Gasteiger partial charge in [0.1, 0.15) is 5.75 Å². The van der Waals surface area contributed by atoms with Gasteiger partial charge in [-0.25, -0.2) is 0 Å². The summed E-state index contributed by atoms with van der Waals surface area (Å²) in [5.74, 6) is 0.491. The van der Waals surface area contributed by atoms with Gasteiger partial charge >= 0.3 is 0 Å². The van der Waals surface area contributed by atoms with E-state index in [-0.39, 0.29) is 27.8 Å². The molecule has 0 unspecified atom stereocenters. The second kappa shape index (κ2) is 10.9. The Kier molecular flexibility index (Phi) is 8.92. The normalized spacial score (nSPS) is 19.8. The summed E-state index contributed by atoms with van der Waals surface area (Å²) in [6, 6.07) is 4.65. The Balaban J connectivity index is 2.21. The molecule has 0 saturated carbocycles. The van der Waals surface area contributed by atoms with Crippen molar-refractivity contribution in [2.45, 2.75) is 99.1 Å². The molecule has 0 spiro atoms. The minimum Gasteiger partial charge on any atom is -0.507 e. The maximum absolute atomic E-state index is 11.9. The number of aromatic hydroxyl groups is 1. The van der Waals surface area contributed by atoms with Crippen LogP contribution in [0.2, 0.25) is 0 Å². The highest BCUT2D eigenvalue weighted by molar-refractivity contribution is 5.51. The first-order valence-electron chi connectivity index (χ1n) is 14.0. The zero-order valence-corrected chi connectivity index (χ0v) is 25.0. The Labute approximate surface area is 221 Å². The molecular formula is C31H54N2O3. The second-order valence-electron chi connectivity index (χ2n) is 14.9. The Bertz CT molecular complexity index is 800. The molecule has 2 aliphatic rings. The largest absolute Gasteiger partial charge is 0.507 e. The fourth-order valence-corrected chi connectivity index (χ4v) is 6.98. The topological polar surface area (TPSA) is 45.2 Å². The lowest BCUT2D eigenvalue weighted by atomic mass is 9.67. The van der Waals surface area contributed by atoms with Crippen LogP contribution >= 0.6 is 0 Å². The molecule has 0 bridgehead atoms. The third-order valence-electron chi connectivity index (χ3n) is 7.62. The number of phenolic OH excluding ortho intramolecular Hbond substituents is 1. The van der Waals surface area contributed by atoms with E-state index in [1.807, 2.05) is 0 Å². The quantitative estimate of drug-likeness (QED) is 0.462. The zero-order valence-electron chi connectivity index (χ0n) is 25.0. The van der Waals surface area contributed by atoms with Gasteiger partial charge in [0.25, 0.3) is 0 Å². The Hall–Kier alpha value is -1.14. The third kappa shape index (κ3) is 7.46. The summed E-state index contributed by atoms with van der Waals surface area (Å²) in [6.45, 7) is 29.7. The van der Waals surface area contributed by atoms with Gasteiger partial charge in [-0.3, -0.25) is 9.80 Å². The number of morpholine rings is 2. The van der Waals surface area contributed by atoms with Crippen LogP contribution < -0.4 is 0 Å². The smallest absolute Gasteiger partial charge is 0.123 e. The fourth-order valence-electron chi connectivity index (χ4n) is 6.98. The zero-order chi connectivity index (χ0) is 26.9. The van der Waals surface area contributed by atoms with Crippen molar-refractivity contribution in [3.8, 4) is 5.75 Å². The highest BCUT2D eigenvalue weighted by atomic mass is 16.5.